The van der Waals surface area contributed by atoms with E-state index in [4.69, 9.17) is 6.42 Å². The van der Waals surface area contributed by atoms with Gasteiger partial charge in [0.05, 0.1) is 0 Å². The molecule has 0 aliphatic rings. The van der Waals surface area contributed by atoms with E-state index in [0.29, 0.717) is 11.8 Å². The molecule has 28 heavy (non-hydrogen) atoms. The number of alkyl halides is 2. The van der Waals surface area contributed by atoms with Gasteiger partial charge in [-0.1, -0.05) is 12.8 Å². The van der Waals surface area contributed by atoms with Crippen molar-refractivity contribution in [2.45, 2.75) is 26.5 Å². The third kappa shape index (κ3) is 3.93. The van der Waals surface area contributed by atoms with Gasteiger partial charge in [0.15, 0.2) is 11.6 Å². The average molecular weight is 387 g/mol. The Morgan fingerprint density at radius 2 is 2.04 bits per heavy atom. The lowest BCUT2D eigenvalue weighted by Crippen LogP contribution is -2.13. The molecule has 0 atom stereocenters. The highest BCUT2D eigenvalue weighted by Gasteiger charge is 2.20. The second-order valence-electron chi connectivity index (χ2n) is 5.89. The number of anilines is 1. The molecule has 1 heterocycles. The fourth-order valence-corrected chi connectivity index (χ4v) is 2.80. The van der Waals surface area contributed by atoms with Crippen molar-refractivity contribution >= 4 is 22.6 Å². The van der Waals surface area contributed by atoms with Crippen LogP contribution in [0, 0.1) is 18.2 Å². The van der Waals surface area contributed by atoms with Gasteiger partial charge in [0.1, 0.15) is 17.9 Å². The van der Waals surface area contributed by atoms with E-state index < -0.39 is 18.3 Å². The molecule has 144 valence electrons. The van der Waals surface area contributed by atoms with Crippen molar-refractivity contribution in [2.75, 3.05) is 5.32 Å². The number of nitrogens with one attached hydrogen (secondary N) is 1. The van der Waals surface area contributed by atoms with Crippen LogP contribution in [0.25, 0.3) is 10.9 Å². The number of fused-ring (bicyclic) bond motifs is 1. The minimum Gasteiger partial charge on any atom is -0.433 e. The van der Waals surface area contributed by atoms with Gasteiger partial charge in [-0.3, -0.25) is 4.79 Å². The lowest BCUT2D eigenvalue weighted by atomic mass is 10.1. The Balaban J connectivity index is 2.10. The Kier molecular flexibility index (Phi) is 5.54. The Hall–Kier alpha value is -3.47. The van der Waals surface area contributed by atoms with Crippen LogP contribution in [0.2, 0.25) is 0 Å². The molecule has 0 fully saturated rings. The number of aryl methyl sites for hydroxylation is 1. The minimum atomic E-state index is -3.03. The standard InChI is InChI=1S/C20H16F3N3O2/c1-3-9-26-17-15(10-12(4-2)11-16(17)28-20(22)23)18(25-26)24-19(27)13-5-7-14(21)8-6-13/h1,5-8,10-11,20H,4,9H2,2H3,(H,24,25,27). The number of terminal acetylenes is 1. The van der Waals surface area contributed by atoms with Crippen LogP contribution in [-0.2, 0) is 13.0 Å². The Labute approximate surface area is 159 Å². The monoisotopic (exact) mass is 387 g/mol. The molecular weight excluding hydrogens is 371 g/mol. The zero-order valence-electron chi connectivity index (χ0n) is 14.9. The van der Waals surface area contributed by atoms with Gasteiger partial charge < -0.3 is 10.1 Å². The topological polar surface area (TPSA) is 56.2 Å². The highest BCUT2D eigenvalue weighted by molar-refractivity contribution is 6.08. The van der Waals surface area contributed by atoms with E-state index in [2.05, 4.69) is 21.1 Å². The number of aromatic nitrogens is 2. The molecule has 0 unspecified atom stereocenters. The molecule has 3 rings (SSSR count). The summed E-state index contributed by atoms with van der Waals surface area (Å²) in [5, 5.41) is 7.29. The summed E-state index contributed by atoms with van der Waals surface area (Å²) < 4.78 is 44.8. The van der Waals surface area contributed by atoms with Crippen molar-refractivity contribution in [3.63, 3.8) is 0 Å². The fraction of sp³-hybridized carbons (Fsp3) is 0.200. The SMILES string of the molecule is C#CCn1nc(NC(=O)c2ccc(F)cc2)c2cc(CC)cc(OC(F)F)c21. The van der Waals surface area contributed by atoms with Crippen LogP contribution >= 0.6 is 0 Å². The normalized spacial score (nSPS) is 10.9. The minimum absolute atomic E-state index is 0.00596. The number of carbonyl (C=O) groups is 1. The van der Waals surface area contributed by atoms with Crippen molar-refractivity contribution in [3.8, 4) is 18.1 Å². The van der Waals surface area contributed by atoms with Gasteiger partial charge in [0, 0.05) is 10.9 Å². The maximum atomic E-state index is 13.1. The summed E-state index contributed by atoms with van der Waals surface area (Å²) in [6.07, 6.45) is 5.91. The number of amides is 1. The summed E-state index contributed by atoms with van der Waals surface area (Å²) in [4.78, 5) is 12.5. The largest absolute Gasteiger partial charge is 0.433 e. The van der Waals surface area contributed by atoms with Crippen molar-refractivity contribution in [2.24, 2.45) is 0 Å². The van der Waals surface area contributed by atoms with Gasteiger partial charge in [-0.15, -0.1) is 6.42 Å². The van der Waals surface area contributed by atoms with Gasteiger partial charge in [-0.25, -0.2) is 9.07 Å². The van der Waals surface area contributed by atoms with Crippen LogP contribution in [0.5, 0.6) is 5.75 Å². The van der Waals surface area contributed by atoms with Crippen molar-refractivity contribution in [1.29, 1.82) is 0 Å². The molecule has 3 aromatic rings. The highest BCUT2D eigenvalue weighted by Crippen LogP contribution is 2.34. The Morgan fingerprint density at radius 3 is 2.64 bits per heavy atom. The first-order valence-electron chi connectivity index (χ1n) is 8.41. The molecule has 0 saturated carbocycles. The first kappa shape index (κ1) is 19.3. The van der Waals surface area contributed by atoms with Gasteiger partial charge in [0.25, 0.3) is 5.91 Å². The Bertz CT molecular complexity index is 1050. The molecule has 5 nitrogen and oxygen atoms in total. The Morgan fingerprint density at radius 1 is 1.32 bits per heavy atom. The molecule has 1 N–H and O–H groups in total. The van der Waals surface area contributed by atoms with E-state index in [1.165, 1.54) is 22.9 Å². The van der Waals surface area contributed by atoms with E-state index in [0.717, 1.165) is 17.7 Å². The molecule has 0 aliphatic carbocycles. The molecule has 0 spiro atoms. The third-order valence-corrected chi connectivity index (χ3v) is 4.07. The smallest absolute Gasteiger partial charge is 0.387 e. The zero-order chi connectivity index (χ0) is 20.3. The molecular formula is C20H16F3N3O2. The first-order chi connectivity index (χ1) is 13.4. The van der Waals surface area contributed by atoms with Gasteiger partial charge in [-0.05, 0) is 48.4 Å². The maximum absolute atomic E-state index is 13.1. The van der Waals surface area contributed by atoms with E-state index >= 15 is 0 Å². The summed E-state index contributed by atoms with van der Waals surface area (Å²) in [6, 6.07) is 8.20. The zero-order valence-corrected chi connectivity index (χ0v) is 14.9. The van der Waals surface area contributed by atoms with Crippen molar-refractivity contribution in [1.82, 2.24) is 9.78 Å². The van der Waals surface area contributed by atoms with Crippen LogP contribution in [-0.4, -0.2) is 22.3 Å². The van der Waals surface area contributed by atoms with E-state index in [9.17, 15) is 18.0 Å². The lowest BCUT2D eigenvalue weighted by Gasteiger charge is -2.10. The molecule has 0 saturated heterocycles. The number of rotatable bonds is 6. The highest BCUT2D eigenvalue weighted by atomic mass is 19.3. The lowest BCUT2D eigenvalue weighted by molar-refractivity contribution is -0.0490. The maximum Gasteiger partial charge on any atom is 0.387 e. The van der Waals surface area contributed by atoms with Crippen LogP contribution in [0.1, 0.15) is 22.8 Å². The number of ether oxygens (including phenoxy) is 1. The second-order valence-corrected chi connectivity index (χ2v) is 5.89. The summed E-state index contributed by atoms with van der Waals surface area (Å²) in [5.41, 5.74) is 1.20. The molecule has 0 radical (unpaired) electrons. The molecule has 0 aliphatic heterocycles. The van der Waals surface area contributed by atoms with Crippen LogP contribution in [0.15, 0.2) is 36.4 Å². The quantitative estimate of drug-likeness (QED) is 0.644. The number of benzene rings is 2. The number of carbonyl (C=O) groups excluding carboxylic acids is 1. The van der Waals surface area contributed by atoms with Crippen molar-refractivity contribution < 1.29 is 22.7 Å². The summed E-state index contributed by atoms with van der Waals surface area (Å²) >= 11 is 0. The predicted octanol–water partition coefficient (Wildman–Crippen LogP) is 4.22. The second kappa shape index (κ2) is 8.05. The van der Waals surface area contributed by atoms with Gasteiger partial charge >= 0.3 is 6.61 Å². The number of halogens is 3. The van der Waals surface area contributed by atoms with E-state index in [-0.39, 0.29) is 29.2 Å². The van der Waals surface area contributed by atoms with Gasteiger partial charge in [0.2, 0.25) is 0 Å². The first-order valence-corrected chi connectivity index (χ1v) is 8.41. The molecule has 2 aromatic carbocycles. The van der Waals surface area contributed by atoms with Crippen LogP contribution in [0.4, 0.5) is 19.0 Å². The van der Waals surface area contributed by atoms with Crippen molar-refractivity contribution in [3.05, 3.63) is 53.3 Å². The summed E-state index contributed by atoms with van der Waals surface area (Å²) in [6.45, 7) is -1.18. The predicted molar refractivity (Wildman–Crippen MR) is 98.9 cm³/mol. The number of hydrogen-bond acceptors (Lipinski definition) is 3. The average Bonchev–Trinajstić information content (AvgIpc) is 2.99. The van der Waals surface area contributed by atoms with Crippen LogP contribution in [0.3, 0.4) is 0 Å². The molecule has 1 aromatic heterocycles. The number of hydrogen-bond donors (Lipinski definition) is 1. The summed E-state index contributed by atoms with van der Waals surface area (Å²) in [5.74, 6) is 1.47. The third-order valence-electron chi connectivity index (χ3n) is 4.07. The van der Waals surface area contributed by atoms with E-state index in [1.54, 1.807) is 6.07 Å². The molecule has 8 heteroatoms. The molecule has 0 bridgehead atoms. The summed E-state index contributed by atoms with van der Waals surface area (Å²) in [7, 11) is 0. The van der Waals surface area contributed by atoms with Crippen LogP contribution < -0.4 is 10.1 Å². The number of nitrogens with zero attached hydrogens (tertiary/aromatic N) is 2. The molecule has 1 amide bonds. The van der Waals surface area contributed by atoms with Gasteiger partial charge in [-0.2, -0.15) is 13.9 Å². The fourth-order valence-electron chi connectivity index (χ4n) is 2.80. The van der Waals surface area contributed by atoms with E-state index in [1.807, 2.05) is 6.92 Å².